The average molecular weight is 652 g/mol. The second-order valence-electron chi connectivity index (χ2n) is 11.4. The van der Waals surface area contributed by atoms with Crippen LogP contribution in [0.4, 0.5) is 14.5 Å². The van der Waals surface area contributed by atoms with Crippen LogP contribution in [0.3, 0.4) is 0 Å². The Morgan fingerprint density at radius 2 is 2.00 bits per heavy atom. The van der Waals surface area contributed by atoms with Gasteiger partial charge in [0.15, 0.2) is 11.9 Å². The normalized spacial score (nSPS) is 19.7. The van der Waals surface area contributed by atoms with Crippen molar-refractivity contribution in [2.75, 3.05) is 37.8 Å². The number of halogens is 2. The highest BCUT2D eigenvalue weighted by atomic mass is 32.2. The summed E-state index contributed by atoms with van der Waals surface area (Å²) in [4.78, 5) is 22.8. The van der Waals surface area contributed by atoms with Gasteiger partial charge in [0.05, 0.1) is 23.5 Å². The second-order valence-corrected chi connectivity index (χ2v) is 12.3. The van der Waals surface area contributed by atoms with Crippen LogP contribution in [0, 0.1) is 17.2 Å². The lowest BCUT2D eigenvalue weighted by Gasteiger charge is -2.41. The van der Waals surface area contributed by atoms with Crippen molar-refractivity contribution in [1.29, 1.82) is 5.26 Å². The Bertz CT molecular complexity index is 1710. The van der Waals surface area contributed by atoms with Crippen LogP contribution in [0.15, 0.2) is 53.9 Å². The molecule has 0 radical (unpaired) electrons. The summed E-state index contributed by atoms with van der Waals surface area (Å²) in [6.45, 7) is -0.447. The van der Waals surface area contributed by atoms with E-state index in [1.807, 2.05) is 11.2 Å². The van der Waals surface area contributed by atoms with Gasteiger partial charge in [0.2, 0.25) is 5.91 Å². The molecule has 1 unspecified atom stereocenters. The van der Waals surface area contributed by atoms with E-state index in [1.54, 1.807) is 36.8 Å². The molecule has 2 fully saturated rings. The third-order valence-electron chi connectivity index (χ3n) is 8.67. The van der Waals surface area contributed by atoms with E-state index >= 15 is 0 Å². The number of thioether (sulfide) groups is 1. The number of carbonyl (C=O) groups is 1. The van der Waals surface area contributed by atoms with E-state index in [-0.39, 0.29) is 35.4 Å². The first-order valence-electron chi connectivity index (χ1n) is 15.2. The van der Waals surface area contributed by atoms with E-state index in [0.29, 0.717) is 36.0 Å². The van der Waals surface area contributed by atoms with Gasteiger partial charge in [-0.15, -0.1) is 11.8 Å². The van der Waals surface area contributed by atoms with Gasteiger partial charge in [0.25, 0.3) is 0 Å². The molecule has 2 N–H and O–H groups in total. The molecule has 15 heteroatoms. The quantitative estimate of drug-likeness (QED) is 0.189. The first kappa shape index (κ1) is 31.7. The van der Waals surface area contributed by atoms with Crippen LogP contribution in [0.25, 0.3) is 16.9 Å². The number of nitrogens with zero attached hydrogens (tertiary/aromatic N) is 8. The average Bonchev–Trinajstić information content (AvgIpc) is 3.69. The van der Waals surface area contributed by atoms with Gasteiger partial charge in [0.1, 0.15) is 18.0 Å². The fourth-order valence-electron chi connectivity index (χ4n) is 6.24. The van der Waals surface area contributed by atoms with E-state index in [4.69, 9.17) is 4.74 Å². The van der Waals surface area contributed by atoms with Crippen LogP contribution < -0.4 is 10.1 Å². The monoisotopic (exact) mass is 651 g/mol. The van der Waals surface area contributed by atoms with Crippen molar-refractivity contribution in [3.63, 3.8) is 0 Å². The molecule has 1 aromatic carbocycles. The van der Waals surface area contributed by atoms with Gasteiger partial charge in [-0.25, -0.2) is 9.50 Å². The van der Waals surface area contributed by atoms with E-state index in [9.17, 15) is 23.9 Å². The number of rotatable bonds is 10. The standard InChI is InChI=1S/C31H35F2N9O3S/c1-46-22-7-8-26(45-31(32)33)23(15-22)28-25(37-30(44)24-17-36-42-10-2-9-35-29(24)42)18-41(38-28)19-27(43)40-13-11-39(12-14-40)21-5-3-20(16-34)4-6-21/h2,7-10,15,17-18,20-21,30-31,37,44H,3-6,11-14,19H2,1H3. The number of fused-ring (bicyclic) bond motifs is 1. The zero-order valence-electron chi connectivity index (χ0n) is 25.3. The summed E-state index contributed by atoms with van der Waals surface area (Å²) in [5.74, 6) is -0.0572. The van der Waals surface area contributed by atoms with Crippen molar-refractivity contribution in [2.45, 2.75) is 56.0 Å². The van der Waals surface area contributed by atoms with Gasteiger partial charge < -0.3 is 20.1 Å². The number of alkyl halides is 2. The number of hydrogen-bond acceptors (Lipinski definition) is 10. The topological polar surface area (TPSA) is 137 Å². The molecule has 0 bridgehead atoms. The van der Waals surface area contributed by atoms with Crippen molar-refractivity contribution in [3.05, 3.63) is 54.6 Å². The minimum absolute atomic E-state index is 0.0798. The molecule has 3 aromatic heterocycles. The molecular weight excluding hydrogens is 616 g/mol. The minimum Gasteiger partial charge on any atom is -0.434 e. The number of aliphatic hydroxyl groups is 1. The number of benzene rings is 1. The van der Waals surface area contributed by atoms with Crippen molar-refractivity contribution in [1.82, 2.24) is 34.2 Å². The van der Waals surface area contributed by atoms with Crippen LogP contribution in [-0.2, 0) is 11.3 Å². The summed E-state index contributed by atoms with van der Waals surface area (Å²) >= 11 is 1.43. The Kier molecular flexibility index (Phi) is 9.67. The van der Waals surface area contributed by atoms with Crippen molar-refractivity contribution in [2.24, 2.45) is 5.92 Å². The molecular formula is C31H35F2N9O3S. The number of hydrogen-bond donors (Lipinski definition) is 2. The SMILES string of the molecule is CSc1ccc(OC(F)F)c(-c2nn(CC(=O)N3CCN(C4CCC(C#N)CC4)CC3)cc2NC(O)c2cnn3cccnc23)c1. The van der Waals surface area contributed by atoms with Crippen molar-refractivity contribution >= 4 is 29.0 Å². The Balaban J connectivity index is 1.23. The molecule has 46 heavy (non-hydrogen) atoms. The zero-order chi connectivity index (χ0) is 32.2. The molecule has 2 aliphatic rings. The fraction of sp³-hybridized carbons (Fsp3) is 0.452. The predicted molar refractivity (Wildman–Crippen MR) is 167 cm³/mol. The third-order valence-corrected chi connectivity index (χ3v) is 9.40. The van der Waals surface area contributed by atoms with E-state index in [2.05, 4.69) is 31.5 Å². The molecule has 4 heterocycles. The number of amides is 1. The molecule has 12 nitrogen and oxygen atoms in total. The maximum atomic E-state index is 13.5. The first-order chi connectivity index (χ1) is 22.3. The highest BCUT2D eigenvalue weighted by Gasteiger charge is 2.30. The van der Waals surface area contributed by atoms with Crippen LogP contribution in [0.5, 0.6) is 5.75 Å². The highest BCUT2D eigenvalue weighted by molar-refractivity contribution is 7.98. The summed E-state index contributed by atoms with van der Waals surface area (Å²) in [6.07, 6.45) is 10.8. The number of aliphatic hydroxyl groups excluding tert-OH is 1. The minimum atomic E-state index is -3.06. The smallest absolute Gasteiger partial charge is 0.387 e. The van der Waals surface area contributed by atoms with Crippen LogP contribution in [0.2, 0.25) is 0 Å². The number of ether oxygens (including phenoxy) is 1. The maximum absolute atomic E-state index is 13.5. The molecule has 0 spiro atoms. The Hall–Kier alpha value is -4.26. The Morgan fingerprint density at radius 1 is 1.22 bits per heavy atom. The number of nitrogens with one attached hydrogen (secondary N) is 1. The number of piperazine rings is 1. The number of anilines is 1. The largest absolute Gasteiger partial charge is 0.434 e. The highest BCUT2D eigenvalue weighted by Crippen LogP contribution is 2.38. The molecule has 4 aromatic rings. The molecule has 1 saturated heterocycles. The lowest BCUT2D eigenvalue weighted by Crippen LogP contribution is -2.53. The number of nitriles is 1. The van der Waals surface area contributed by atoms with Gasteiger partial charge >= 0.3 is 6.61 Å². The van der Waals surface area contributed by atoms with Crippen LogP contribution in [0.1, 0.15) is 37.5 Å². The van der Waals surface area contributed by atoms with Crippen molar-refractivity contribution in [3.8, 4) is 23.1 Å². The molecule has 1 amide bonds. The van der Waals surface area contributed by atoms with E-state index in [0.717, 1.165) is 43.7 Å². The predicted octanol–water partition coefficient (Wildman–Crippen LogP) is 4.25. The van der Waals surface area contributed by atoms with Gasteiger partial charge in [0, 0.05) is 67.2 Å². The second kappa shape index (κ2) is 14.0. The van der Waals surface area contributed by atoms with Gasteiger partial charge in [-0.3, -0.25) is 14.4 Å². The van der Waals surface area contributed by atoms with E-state index in [1.165, 1.54) is 33.2 Å². The summed E-state index contributed by atoms with van der Waals surface area (Å²) < 4.78 is 34.7. The fourth-order valence-corrected chi connectivity index (χ4v) is 6.68. The summed E-state index contributed by atoms with van der Waals surface area (Å²) in [5.41, 5.74) is 1.67. The van der Waals surface area contributed by atoms with E-state index < -0.39 is 12.8 Å². The summed E-state index contributed by atoms with van der Waals surface area (Å²) in [6, 6.07) is 9.37. The van der Waals surface area contributed by atoms with Crippen LogP contribution in [-0.4, -0.2) is 90.3 Å². The Morgan fingerprint density at radius 3 is 2.72 bits per heavy atom. The molecule has 1 atom stereocenters. The number of aromatic nitrogens is 5. The molecule has 6 rings (SSSR count). The molecule has 1 aliphatic heterocycles. The molecule has 1 aliphatic carbocycles. The summed E-state index contributed by atoms with van der Waals surface area (Å²) in [7, 11) is 0. The third kappa shape index (κ3) is 6.93. The summed E-state index contributed by atoms with van der Waals surface area (Å²) in [5, 5.41) is 32.3. The van der Waals surface area contributed by atoms with Gasteiger partial charge in [-0.05, 0) is 56.2 Å². The van der Waals surface area contributed by atoms with Gasteiger partial charge in [-0.1, -0.05) is 0 Å². The van der Waals surface area contributed by atoms with Crippen molar-refractivity contribution < 1.29 is 23.4 Å². The molecule has 242 valence electrons. The zero-order valence-corrected chi connectivity index (χ0v) is 26.1. The number of carbonyl (C=O) groups excluding carboxylic acids is 1. The maximum Gasteiger partial charge on any atom is 0.387 e. The first-order valence-corrected chi connectivity index (χ1v) is 16.4. The van der Waals surface area contributed by atoms with Crippen LogP contribution >= 0.6 is 11.8 Å². The van der Waals surface area contributed by atoms with Gasteiger partial charge in [-0.2, -0.15) is 24.2 Å². The lowest BCUT2D eigenvalue weighted by atomic mass is 9.86. The molecule has 1 saturated carbocycles. The lowest BCUT2D eigenvalue weighted by molar-refractivity contribution is -0.134. The Labute approximate surface area is 268 Å².